The third-order valence-electron chi connectivity index (χ3n) is 0.956. The fraction of sp³-hybridized carbons (Fsp3) is 1.00. The zero-order valence-electron chi connectivity index (χ0n) is 7.92. The number of nitrogens with zero attached hydrogens (tertiary/aromatic N) is 3. The fourth-order valence-corrected chi connectivity index (χ4v) is 3.05. The number of hydrogen-bond donors (Lipinski definition) is 1. The van der Waals surface area contributed by atoms with Crippen LogP contribution in [0.3, 0.4) is 0 Å². The molecule has 2 N–H and O–H groups in total. The van der Waals surface area contributed by atoms with Crippen LogP contribution in [0.15, 0.2) is 0 Å². The molecule has 0 aliphatic carbocycles. The van der Waals surface area contributed by atoms with E-state index in [0.717, 1.165) is 0 Å². The van der Waals surface area contributed by atoms with Crippen LogP contribution in [0.25, 0.3) is 0 Å². The molecule has 0 aromatic rings. The van der Waals surface area contributed by atoms with Crippen LogP contribution in [-0.4, -0.2) is 43.0 Å². The molecule has 0 spiro atoms. The molecule has 0 rings (SSSR count). The minimum absolute atomic E-state index is 0.240. The molecule has 0 saturated heterocycles. The van der Waals surface area contributed by atoms with Gasteiger partial charge in [-0.1, -0.05) is 0 Å². The van der Waals surface area contributed by atoms with Gasteiger partial charge in [0, 0.05) is 0 Å². The zero-order valence-corrected chi connectivity index (χ0v) is 10.0. The van der Waals surface area contributed by atoms with Crippen molar-refractivity contribution in [1.82, 2.24) is 0 Å². The quantitative estimate of drug-likeness (QED) is 0.281. The first-order chi connectivity index (χ1) is 7.81. The van der Waals surface area contributed by atoms with Crippen molar-refractivity contribution in [3.8, 4) is 0 Å². The molecule has 0 aromatic carbocycles. The molecule has 15 heteroatoms. The predicted octanol–water partition coefficient (Wildman–Crippen LogP) is -1.98. The van der Waals surface area contributed by atoms with Crippen LogP contribution in [0.4, 0.5) is 0 Å². The van der Waals surface area contributed by atoms with E-state index in [4.69, 9.17) is 5.73 Å². The van der Waals surface area contributed by atoms with Crippen LogP contribution in [0, 0.1) is 30.3 Å². The summed E-state index contributed by atoms with van der Waals surface area (Å²) in [5.74, 6) is 0. The Bertz CT molecular complexity index is 266. The van der Waals surface area contributed by atoms with Crippen LogP contribution >= 0.6 is 0 Å². The SMILES string of the molecule is NCC[O][Ge]([O][N+](=O)[O-])([O][N+](=O)[O-])[O][N+](=O)[O-]. The zero-order chi connectivity index (χ0) is 13.5. The van der Waals surface area contributed by atoms with Gasteiger partial charge in [-0.05, 0) is 0 Å². The molecule has 0 saturated carbocycles. The van der Waals surface area contributed by atoms with Gasteiger partial charge in [-0.2, -0.15) is 0 Å². The Kier molecular flexibility index (Phi) is 5.85. The monoisotopic (exact) mass is 320 g/mol. The Morgan fingerprint density at radius 3 is 1.53 bits per heavy atom. The molecule has 0 amide bonds. The summed E-state index contributed by atoms with van der Waals surface area (Å²) in [6.07, 6.45) is 0. The third kappa shape index (κ3) is 6.27. The van der Waals surface area contributed by atoms with Crippen molar-refractivity contribution in [3.63, 3.8) is 0 Å². The Hall–Kier alpha value is -1.94. The molecule has 0 aliphatic rings. The van der Waals surface area contributed by atoms with Crippen molar-refractivity contribution in [2.45, 2.75) is 0 Å². The van der Waals surface area contributed by atoms with Gasteiger partial charge in [0.25, 0.3) is 0 Å². The predicted molar refractivity (Wildman–Crippen MR) is 45.0 cm³/mol. The van der Waals surface area contributed by atoms with Crippen molar-refractivity contribution >= 4 is 14.6 Å². The molecule has 14 nitrogen and oxygen atoms in total. The van der Waals surface area contributed by atoms with Crippen LogP contribution < -0.4 is 5.73 Å². The average Bonchev–Trinajstić information content (AvgIpc) is 2.11. The molecule has 98 valence electrons. The molecule has 0 heterocycles. The number of rotatable bonds is 9. The van der Waals surface area contributed by atoms with E-state index >= 15 is 0 Å². The molecule has 0 bridgehead atoms. The molecule has 17 heavy (non-hydrogen) atoms. The van der Waals surface area contributed by atoms with Gasteiger partial charge in [-0.15, -0.1) is 0 Å². The van der Waals surface area contributed by atoms with Crippen molar-refractivity contribution in [2.75, 3.05) is 13.2 Å². The van der Waals surface area contributed by atoms with Crippen molar-refractivity contribution < 1.29 is 30.6 Å². The van der Waals surface area contributed by atoms with E-state index < -0.39 is 36.5 Å². The number of hydrogen-bond acceptors (Lipinski definition) is 11. The Balaban J connectivity index is 4.95. The average molecular weight is 319 g/mol. The summed E-state index contributed by atoms with van der Waals surface area (Å²) >= 11 is -5.75. The third-order valence-corrected chi connectivity index (χ3v) is 4.47. The van der Waals surface area contributed by atoms with Crippen LogP contribution in [-0.2, 0) is 15.4 Å². The summed E-state index contributed by atoms with van der Waals surface area (Å²) in [4.78, 5) is 30.2. The first-order valence-corrected chi connectivity index (χ1v) is 7.08. The summed E-state index contributed by atoms with van der Waals surface area (Å²) in [6.45, 7) is -0.758. The van der Waals surface area contributed by atoms with E-state index in [0.29, 0.717) is 0 Å². The van der Waals surface area contributed by atoms with Crippen LogP contribution in [0.5, 0.6) is 0 Å². The summed E-state index contributed by atoms with van der Waals surface area (Å²) in [7, 11) is 0. The van der Waals surface area contributed by atoms with Crippen molar-refractivity contribution in [2.24, 2.45) is 5.73 Å². The molecular weight excluding hydrogens is 313 g/mol. The Morgan fingerprint density at radius 2 is 1.29 bits per heavy atom. The standard InChI is InChI=1S/C2H6GeN4O10/c4-1-2-14-3(15-5(8)9,16-6(10)11)17-7(12)13/h1-2,4H2. The normalized spacial score (nSPS) is 10.4. The first kappa shape index (κ1) is 15.1. The Morgan fingerprint density at radius 1 is 0.941 bits per heavy atom. The Labute approximate surface area is 95.2 Å². The number of nitrogens with two attached hydrogens (primary N) is 1. The molecule has 0 atom stereocenters. The van der Waals surface area contributed by atoms with E-state index in [1.807, 2.05) is 0 Å². The van der Waals surface area contributed by atoms with E-state index in [9.17, 15) is 30.3 Å². The van der Waals surface area contributed by atoms with Gasteiger partial charge in [-0.25, -0.2) is 0 Å². The van der Waals surface area contributed by atoms with Gasteiger partial charge in [0.1, 0.15) is 0 Å². The van der Waals surface area contributed by atoms with Crippen molar-refractivity contribution in [1.29, 1.82) is 0 Å². The van der Waals surface area contributed by atoms with E-state index in [1.165, 1.54) is 0 Å². The molecule has 0 unspecified atom stereocenters. The van der Waals surface area contributed by atoms with Crippen LogP contribution in [0.2, 0.25) is 0 Å². The molecule has 0 aliphatic heterocycles. The second kappa shape index (κ2) is 6.60. The van der Waals surface area contributed by atoms with Gasteiger partial charge in [-0.3, -0.25) is 0 Å². The van der Waals surface area contributed by atoms with Gasteiger partial charge < -0.3 is 0 Å². The van der Waals surface area contributed by atoms with Gasteiger partial charge in [0.15, 0.2) is 0 Å². The summed E-state index contributed by atoms with van der Waals surface area (Å²) in [6, 6.07) is 0. The molecular formula is C2H6GeN4O10. The summed E-state index contributed by atoms with van der Waals surface area (Å²) in [5.41, 5.74) is 4.96. The van der Waals surface area contributed by atoms with E-state index in [1.54, 1.807) is 0 Å². The maximum absolute atomic E-state index is 10.1. The molecule has 0 fully saturated rings. The van der Waals surface area contributed by atoms with Crippen LogP contribution in [0.1, 0.15) is 0 Å². The summed E-state index contributed by atoms with van der Waals surface area (Å²) < 4.78 is 15.4. The van der Waals surface area contributed by atoms with Gasteiger partial charge in [0.2, 0.25) is 0 Å². The second-order valence-corrected chi connectivity index (χ2v) is 5.93. The van der Waals surface area contributed by atoms with E-state index in [-0.39, 0.29) is 6.54 Å². The maximum atomic E-state index is 10.1. The van der Waals surface area contributed by atoms with Gasteiger partial charge in [0.05, 0.1) is 0 Å². The van der Waals surface area contributed by atoms with Gasteiger partial charge >= 0.3 is 94.5 Å². The van der Waals surface area contributed by atoms with E-state index in [2.05, 4.69) is 15.4 Å². The first-order valence-electron chi connectivity index (χ1n) is 3.66. The second-order valence-electron chi connectivity index (χ2n) is 2.08. The summed E-state index contributed by atoms with van der Waals surface area (Å²) in [5, 5.41) is 25.5. The topological polar surface area (TPSA) is 192 Å². The molecule has 0 aromatic heterocycles. The van der Waals surface area contributed by atoms with Crippen molar-refractivity contribution in [3.05, 3.63) is 30.3 Å². The fourth-order valence-electron chi connectivity index (χ4n) is 0.587. The minimum atomic E-state index is -5.75. The molecule has 0 radical (unpaired) electrons.